The van der Waals surface area contributed by atoms with E-state index in [0.29, 0.717) is 22.9 Å². The van der Waals surface area contributed by atoms with Gasteiger partial charge in [-0.15, -0.1) is 0 Å². The number of anilines is 1. The van der Waals surface area contributed by atoms with E-state index in [2.05, 4.69) is 5.32 Å². The third kappa shape index (κ3) is 4.99. The molecule has 9 heteroatoms. The van der Waals surface area contributed by atoms with E-state index in [9.17, 15) is 13.2 Å². The highest BCUT2D eigenvalue weighted by molar-refractivity contribution is 7.88. The summed E-state index contributed by atoms with van der Waals surface area (Å²) >= 11 is 0. The molecular weight excluding hydrogens is 348 g/mol. The first kappa shape index (κ1) is 19.3. The Morgan fingerprint density at radius 2 is 1.72 bits per heavy atom. The van der Waals surface area contributed by atoms with E-state index < -0.39 is 10.0 Å². The number of rotatable bonds is 9. The number of hydrogen-bond donors (Lipinski definition) is 1. The lowest BCUT2D eigenvalue weighted by atomic mass is 10.2. The average molecular weight is 372 g/mol. The molecule has 8 nitrogen and oxygen atoms in total. The molecular formula is C16H24N2O6S. The van der Waals surface area contributed by atoms with Crippen LogP contribution in [-0.2, 0) is 14.8 Å². The monoisotopic (exact) mass is 372 g/mol. The van der Waals surface area contributed by atoms with E-state index in [-0.39, 0.29) is 24.9 Å². The average Bonchev–Trinajstić information content (AvgIpc) is 3.37. The molecule has 1 amide bonds. The van der Waals surface area contributed by atoms with Crippen molar-refractivity contribution in [2.75, 3.05) is 39.4 Å². The molecule has 1 aliphatic rings. The Bertz CT molecular complexity index is 705. The number of ether oxygens (including phenoxy) is 3. The van der Waals surface area contributed by atoms with Crippen LogP contribution in [0.3, 0.4) is 0 Å². The summed E-state index contributed by atoms with van der Waals surface area (Å²) in [4.78, 5) is 12.2. The molecule has 1 fully saturated rings. The second kappa shape index (κ2) is 7.92. The molecule has 0 bridgehead atoms. The van der Waals surface area contributed by atoms with E-state index in [1.807, 2.05) is 0 Å². The summed E-state index contributed by atoms with van der Waals surface area (Å²) in [5.74, 6) is 0.990. The van der Waals surface area contributed by atoms with Crippen LogP contribution in [0.1, 0.15) is 19.3 Å². The Hall–Kier alpha value is -2.00. The molecule has 25 heavy (non-hydrogen) atoms. The normalized spacial score (nSPS) is 14.3. The van der Waals surface area contributed by atoms with E-state index in [4.69, 9.17) is 14.2 Å². The molecule has 0 aliphatic heterocycles. The predicted molar refractivity (Wildman–Crippen MR) is 93.9 cm³/mol. The second-order valence-corrected chi connectivity index (χ2v) is 7.75. The number of nitrogens with one attached hydrogen (secondary N) is 1. The Labute approximate surface area is 148 Å². The number of methoxy groups -OCH3 is 3. The molecule has 0 atom stereocenters. The topological polar surface area (TPSA) is 94.2 Å². The summed E-state index contributed by atoms with van der Waals surface area (Å²) in [5, 5.41) is 2.73. The van der Waals surface area contributed by atoms with Crippen molar-refractivity contribution < 1.29 is 27.4 Å². The molecule has 0 saturated heterocycles. The van der Waals surface area contributed by atoms with Crippen LogP contribution in [0.15, 0.2) is 12.1 Å². The lowest BCUT2D eigenvalue weighted by molar-refractivity contribution is -0.116. The first-order chi connectivity index (χ1) is 11.8. The van der Waals surface area contributed by atoms with Crippen molar-refractivity contribution >= 4 is 21.6 Å². The molecule has 1 aromatic rings. The van der Waals surface area contributed by atoms with Crippen LogP contribution in [-0.4, -0.2) is 58.8 Å². The van der Waals surface area contributed by atoms with Crippen LogP contribution in [0.2, 0.25) is 0 Å². The lowest BCUT2D eigenvalue weighted by Gasteiger charge is -2.19. The Kier molecular flexibility index (Phi) is 6.12. The van der Waals surface area contributed by atoms with Crippen molar-refractivity contribution in [1.82, 2.24) is 4.31 Å². The van der Waals surface area contributed by atoms with Crippen molar-refractivity contribution in [2.45, 2.75) is 25.3 Å². The van der Waals surface area contributed by atoms with Gasteiger partial charge < -0.3 is 19.5 Å². The van der Waals surface area contributed by atoms with Gasteiger partial charge in [0, 0.05) is 36.8 Å². The van der Waals surface area contributed by atoms with Gasteiger partial charge in [-0.2, -0.15) is 4.31 Å². The van der Waals surface area contributed by atoms with Crippen molar-refractivity contribution in [3.63, 3.8) is 0 Å². The van der Waals surface area contributed by atoms with Gasteiger partial charge >= 0.3 is 0 Å². The maximum Gasteiger partial charge on any atom is 0.225 e. The van der Waals surface area contributed by atoms with Gasteiger partial charge in [0.25, 0.3) is 0 Å². The number of carbonyl (C=O) groups excluding carboxylic acids is 1. The molecule has 1 N–H and O–H groups in total. The van der Waals surface area contributed by atoms with Gasteiger partial charge in [-0.3, -0.25) is 4.79 Å². The molecule has 0 aromatic heterocycles. The minimum atomic E-state index is -3.30. The van der Waals surface area contributed by atoms with Crippen molar-refractivity contribution in [3.05, 3.63) is 12.1 Å². The van der Waals surface area contributed by atoms with Crippen molar-refractivity contribution in [1.29, 1.82) is 0 Å². The summed E-state index contributed by atoms with van der Waals surface area (Å²) in [6.45, 7) is 0.166. The summed E-state index contributed by atoms with van der Waals surface area (Å²) in [6, 6.07) is 3.27. The summed E-state index contributed by atoms with van der Waals surface area (Å²) < 4.78 is 40.6. The van der Waals surface area contributed by atoms with E-state index in [1.54, 1.807) is 12.1 Å². The number of hydrogen-bond acceptors (Lipinski definition) is 6. The maximum atomic E-state index is 12.2. The van der Waals surface area contributed by atoms with E-state index in [0.717, 1.165) is 12.8 Å². The number of carbonyl (C=O) groups is 1. The molecule has 1 aliphatic carbocycles. The Morgan fingerprint density at radius 1 is 1.16 bits per heavy atom. The van der Waals surface area contributed by atoms with E-state index >= 15 is 0 Å². The Balaban J connectivity index is 2.05. The molecule has 1 saturated carbocycles. The fourth-order valence-electron chi connectivity index (χ4n) is 2.57. The van der Waals surface area contributed by atoms with Crippen LogP contribution < -0.4 is 19.5 Å². The van der Waals surface area contributed by atoms with E-state index in [1.165, 1.54) is 31.9 Å². The van der Waals surface area contributed by atoms with Gasteiger partial charge in [0.2, 0.25) is 21.7 Å². The van der Waals surface area contributed by atoms with Crippen LogP contribution in [0.4, 0.5) is 5.69 Å². The molecule has 1 aromatic carbocycles. The van der Waals surface area contributed by atoms with Crippen molar-refractivity contribution in [3.8, 4) is 17.2 Å². The number of nitrogens with zero attached hydrogens (tertiary/aromatic N) is 1. The fourth-order valence-corrected chi connectivity index (χ4v) is 3.75. The highest BCUT2D eigenvalue weighted by atomic mass is 32.2. The highest BCUT2D eigenvalue weighted by Gasteiger charge is 2.34. The van der Waals surface area contributed by atoms with Crippen LogP contribution in [0.5, 0.6) is 17.2 Å². The van der Waals surface area contributed by atoms with Crippen molar-refractivity contribution in [2.24, 2.45) is 0 Å². The van der Waals surface area contributed by atoms with Gasteiger partial charge in [-0.1, -0.05) is 0 Å². The first-order valence-corrected chi connectivity index (χ1v) is 9.71. The van der Waals surface area contributed by atoms with Crippen LogP contribution in [0, 0.1) is 0 Å². The maximum absolute atomic E-state index is 12.2. The predicted octanol–water partition coefficient (Wildman–Crippen LogP) is 1.47. The molecule has 2 rings (SSSR count). The quantitative estimate of drug-likeness (QED) is 0.705. The van der Waals surface area contributed by atoms with Crippen LogP contribution in [0.25, 0.3) is 0 Å². The fraction of sp³-hybridized carbons (Fsp3) is 0.562. The second-order valence-electron chi connectivity index (χ2n) is 5.82. The standard InChI is InChI=1S/C16H24N2O6S/c1-22-13-9-11(10-14(23-2)16(13)24-3)17-15(19)7-8-18(12-5-6-12)25(4,20)21/h9-10,12H,5-8H2,1-4H3,(H,17,19). The third-order valence-electron chi connectivity index (χ3n) is 3.89. The molecule has 0 radical (unpaired) electrons. The summed E-state index contributed by atoms with van der Waals surface area (Å²) in [6.07, 6.45) is 2.94. The minimum absolute atomic E-state index is 0.0315. The zero-order valence-corrected chi connectivity index (χ0v) is 15.7. The Morgan fingerprint density at radius 3 is 2.12 bits per heavy atom. The molecule has 0 heterocycles. The highest BCUT2D eigenvalue weighted by Crippen LogP contribution is 2.40. The van der Waals surface area contributed by atoms with Gasteiger partial charge in [0.1, 0.15) is 0 Å². The molecule has 0 unspecified atom stereocenters. The lowest BCUT2D eigenvalue weighted by Crippen LogP contribution is -2.34. The van der Waals surface area contributed by atoms with Gasteiger partial charge in [0.05, 0.1) is 27.6 Å². The zero-order valence-electron chi connectivity index (χ0n) is 14.9. The number of sulfonamides is 1. The largest absolute Gasteiger partial charge is 0.493 e. The zero-order chi connectivity index (χ0) is 18.6. The third-order valence-corrected chi connectivity index (χ3v) is 5.22. The van der Waals surface area contributed by atoms with Gasteiger partial charge in [-0.25, -0.2) is 8.42 Å². The van der Waals surface area contributed by atoms with Crippen LogP contribution >= 0.6 is 0 Å². The van der Waals surface area contributed by atoms with Gasteiger partial charge in [-0.05, 0) is 12.8 Å². The number of benzene rings is 1. The number of amides is 1. The molecule has 0 spiro atoms. The summed E-state index contributed by atoms with van der Waals surface area (Å²) in [7, 11) is 1.17. The summed E-state index contributed by atoms with van der Waals surface area (Å²) in [5.41, 5.74) is 0.483. The smallest absolute Gasteiger partial charge is 0.225 e. The minimum Gasteiger partial charge on any atom is -0.493 e. The first-order valence-electron chi connectivity index (χ1n) is 7.86. The van der Waals surface area contributed by atoms with Gasteiger partial charge in [0.15, 0.2) is 11.5 Å². The SMILES string of the molecule is COc1cc(NC(=O)CCN(C2CC2)S(C)(=O)=O)cc(OC)c1OC. The molecule has 140 valence electrons.